The molecule has 0 N–H and O–H groups in total. The van der Waals surface area contributed by atoms with Gasteiger partial charge < -0.3 is 9.80 Å². The molecule has 0 atom stereocenters. The molecule has 1 aliphatic rings. The molecule has 0 spiro atoms. The molecule has 0 heterocycles. The maximum Gasteiger partial charge on any atom is 0.0784 e. The van der Waals surface area contributed by atoms with Crippen molar-refractivity contribution >= 4 is 68.9 Å². The molecule has 0 unspecified atom stereocenters. The molecule has 1 aliphatic carbocycles. The van der Waals surface area contributed by atoms with Crippen molar-refractivity contribution in [1.82, 2.24) is 0 Å². The van der Waals surface area contributed by atoms with Crippen LogP contribution in [0.3, 0.4) is 0 Å². The average molecular weight is 757 g/mol. The Balaban J connectivity index is 1.26. The summed E-state index contributed by atoms with van der Waals surface area (Å²) in [5.41, 5.74) is 13.6. The summed E-state index contributed by atoms with van der Waals surface area (Å²) in [6.07, 6.45) is 1.04. The van der Waals surface area contributed by atoms with Crippen LogP contribution in [0.2, 0.25) is 19.6 Å². The zero-order valence-electron chi connectivity index (χ0n) is 34.3. The van der Waals surface area contributed by atoms with E-state index in [1.54, 1.807) is 0 Å². The first-order valence-corrected chi connectivity index (χ1v) is 24.0. The summed E-state index contributed by atoms with van der Waals surface area (Å²) in [6, 6.07) is 63.4. The Morgan fingerprint density at radius 2 is 1.02 bits per heavy atom. The first-order valence-electron chi connectivity index (χ1n) is 20.5. The summed E-state index contributed by atoms with van der Waals surface area (Å²) in [7, 11) is -1.61. The summed E-state index contributed by atoms with van der Waals surface area (Å²) >= 11 is 0. The Hall–Kier alpha value is -5.90. The molecule has 3 heteroatoms. The third-order valence-corrected chi connectivity index (χ3v) is 14.0. The third-order valence-electron chi connectivity index (χ3n) is 11.9. The minimum absolute atomic E-state index is 0.257. The lowest BCUT2D eigenvalue weighted by molar-refractivity contribution is 0.647. The molecular formula is C54H52N2Si. The van der Waals surface area contributed by atoms with Crippen LogP contribution >= 0.6 is 0 Å². The second-order valence-electron chi connectivity index (χ2n) is 17.8. The summed E-state index contributed by atoms with van der Waals surface area (Å²) in [4.78, 5) is 4.95. The fourth-order valence-electron chi connectivity index (χ4n) is 9.31. The molecule has 0 fully saturated rings. The summed E-state index contributed by atoms with van der Waals surface area (Å²) in [5.74, 6) is 0.573. The van der Waals surface area contributed by atoms with Crippen LogP contribution in [0.5, 0.6) is 0 Å². The van der Waals surface area contributed by atoms with E-state index in [-0.39, 0.29) is 5.41 Å². The second kappa shape index (κ2) is 14.2. The zero-order valence-corrected chi connectivity index (χ0v) is 35.3. The van der Waals surface area contributed by atoms with Crippen LogP contribution in [0, 0.1) is 5.92 Å². The van der Waals surface area contributed by atoms with Gasteiger partial charge in [-0.15, -0.1) is 0 Å². The molecule has 0 saturated carbocycles. The number of fused-ring (bicyclic) bond motifs is 6. The first kappa shape index (κ1) is 36.7. The van der Waals surface area contributed by atoms with Gasteiger partial charge in [-0.25, -0.2) is 0 Å². The number of para-hydroxylation sites is 2. The molecule has 8 aromatic rings. The van der Waals surface area contributed by atoms with Crippen LogP contribution in [0.15, 0.2) is 170 Å². The summed E-state index contributed by atoms with van der Waals surface area (Å²) < 4.78 is 0. The fraction of sp³-hybridized carbons (Fsp3) is 0.185. The van der Waals surface area contributed by atoms with E-state index >= 15 is 0 Å². The maximum absolute atomic E-state index is 2.52. The molecule has 2 nitrogen and oxygen atoms in total. The van der Waals surface area contributed by atoms with Crippen LogP contribution in [0.25, 0.3) is 32.7 Å². The number of nitrogens with zero attached hydrogens (tertiary/aromatic N) is 2. The predicted molar refractivity (Wildman–Crippen MR) is 250 cm³/mol. The Morgan fingerprint density at radius 1 is 0.474 bits per heavy atom. The highest BCUT2D eigenvalue weighted by molar-refractivity contribution is 6.90. The average Bonchev–Trinajstić information content (AvgIpc) is 3.43. The minimum atomic E-state index is -1.61. The van der Waals surface area contributed by atoms with Crippen molar-refractivity contribution in [3.05, 3.63) is 187 Å². The molecular weight excluding hydrogens is 705 g/mol. The van der Waals surface area contributed by atoms with Crippen LogP contribution in [-0.4, -0.2) is 8.07 Å². The van der Waals surface area contributed by atoms with Gasteiger partial charge in [0.05, 0.1) is 19.4 Å². The molecule has 9 rings (SSSR count). The fourth-order valence-corrected chi connectivity index (χ4v) is 10.9. The Kier molecular flexibility index (Phi) is 9.17. The molecule has 282 valence electrons. The first-order chi connectivity index (χ1) is 27.5. The van der Waals surface area contributed by atoms with Crippen molar-refractivity contribution < 1.29 is 0 Å². The molecule has 0 aliphatic heterocycles. The van der Waals surface area contributed by atoms with Crippen LogP contribution in [-0.2, 0) is 11.8 Å². The van der Waals surface area contributed by atoms with Crippen LogP contribution in [0.1, 0.15) is 44.4 Å². The van der Waals surface area contributed by atoms with Crippen molar-refractivity contribution in [1.29, 1.82) is 0 Å². The number of rotatable bonds is 9. The second-order valence-corrected chi connectivity index (χ2v) is 22.8. The van der Waals surface area contributed by atoms with E-state index in [9.17, 15) is 0 Å². The SMILES string of the molecule is CC(C)Cc1cccc(N(c2ccc3c(c2)C(C)(C)c2cc(N(c4ccccc4)c4ccccc4)c4ccccc4c2-3)c2ccc([Si](C)(C)C)c3ccccc23)c1. The number of hydrogen-bond acceptors (Lipinski definition) is 2. The van der Waals surface area contributed by atoms with Gasteiger partial charge >= 0.3 is 0 Å². The molecule has 0 amide bonds. The van der Waals surface area contributed by atoms with Crippen molar-refractivity contribution in [2.24, 2.45) is 5.92 Å². The van der Waals surface area contributed by atoms with Crippen LogP contribution in [0.4, 0.5) is 34.1 Å². The smallest absolute Gasteiger partial charge is 0.0784 e. The molecule has 0 bridgehead atoms. The number of benzene rings is 8. The monoisotopic (exact) mass is 756 g/mol. The largest absolute Gasteiger partial charge is 0.310 e. The van der Waals surface area contributed by atoms with Gasteiger partial charge in [0.1, 0.15) is 0 Å². The van der Waals surface area contributed by atoms with Gasteiger partial charge in [0.25, 0.3) is 0 Å². The summed E-state index contributed by atoms with van der Waals surface area (Å²) in [5, 5.41) is 6.70. The predicted octanol–water partition coefficient (Wildman–Crippen LogP) is 15.0. The van der Waals surface area contributed by atoms with Crippen molar-refractivity contribution in [2.75, 3.05) is 9.80 Å². The van der Waals surface area contributed by atoms with Gasteiger partial charge in [0.15, 0.2) is 0 Å². The maximum atomic E-state index is 2.52. The van der Waals surface area contributed by atoms with E-state index < -0.39 is 8.07 Å². The highest BCUT2D eigenvalue weighted by Gasteiger charge is 2.39. The number of hydrogen-bond donors (Lipinski definition) is 0. The van der Waals surface area contributed by atoms with Gasteiger partial charge in [-0.1, -0.05) is 162 Å². The highest BCUT2D eigenvalue weighted by atomic mass is 28.3. The van der Waals surface area contributed by atoms with Gasteiger partial charge in [-0.2, -0.15) is 0 Å². The third kappa shape index (κ3) is 6.44. The molecule has 0 saturated heterocycles. The lowest BCUT2D eigenvalue weighted by atomic mass is 9.81. The van der Waals surface area contributed by atoms with Crippen molar-refractivity contribution in [3.63, 3.8) is 0 Å². The van der Waals surface area contributed by atoms with E-state index in [0.29, 0.717) is 5.92 Å². The van der Waals surface area contributed by atoms with Gasteiger partial charge in [-0.05, 0) is 112 Å². The summed E-state index contributed by atoms with van der Waals surface area (Å²) in [6.45, 7) is 16.8. The Bertz CT molecular complexity index is 2720. The van der Waals surface area contributed by atoms with E-state index in [1.165, 1.54) is 77.3 Å². The van der Waals surface area contributed by atoms with E-state index in [0.717, 1.165) is 17.8 Å². The highest BCUT2D eigenvalue weighted by Crippen LogP contribution is 2.56. The lowest BCUT2D eigenvalue weighted by Crippen LogP contribution is -2.38. The van der Waals surface area contributed by atoms with E-state index in [2.05, 4.69) is 227 Å². The molecule has 57 heavy (non-hydrogen) atoms. The minimum Gasteiger partial charge on any atom is -0.310 e. The number of anilines is 6. The van der Waals surface area contributed by atoms with Gasteiger partial charge in [-0.3, -0.25) is 0 Å². The van der Waals surface area contributed by atoms with Gasteiger partial charge in [0.2, 0.25) is 0 Å². The molecule has 0 radical (unpaired) electrons. The van der Waals surface area contributed by atoms with Crippen molar-refractivity contribution in [3.8, 4) is 11.1 Å². The van der Waals surface area contributed by atoms with Gasteiger partial charge in [0, 0.05) is 38.9 Å². The quantitative estimate of drug-likeness (QED) is 0.135. The van der Waals surface area contributed by atoms with Crippen molar-refractivity contribution in [2.45, 2.75) is 59.2 Å². The Morgan fingerprint density at radius 3 is 1.65 bits per heavy atom. The standard InChI is InChI=1S/C54H52N2Si/c1-37(2)33-38-19-18-24-41(34-38)56(50-31-32-52(57(5,6)7)45-27-16-14-25-43(45)50)42-29-30-47-48(35-42)54(3,4)49-36-51(44-26-15-17-28-46(44)53(47)49)55(39-20-10-8-11-21-39)40-22-12-9-13-23-40/h8-32,34-37H,33H2,1-7H3. The molecule has 0 aromatic heterocycles. The molecule has 8 aromatic carbocycles. The zero-order chi connectivity index (χ0) is 39.5. The van der Waals surface area contributed by atoms with E-state index in [1.807, 2.05) is 0 Å². The normalized spacial score (nSPS) is 13.2. The van der Waals surface area contributed by atoms with E-state index in [4.69, 9.17) is 0 Å². The Labute approximate surface area is 340 Å². The van der Waals surface area contributed by atoms with Crippen LogP contribution < -0.4 is 15.0 Å². The lowest BCUT2D eigenvalue weighted by Gasteiger charge is -2.31. The topological polar surface area (TPSA) is 6.48 Å².